The van der Waals surface area contributed by atoms with Crippen LogP contribution < -0.4 is 0 Å². The number of rotatable bonds is 3. The van der Waals surface area contributed by atoms with E-state index in [1.165, 1.54) is 28.6 Å². The molecule has 1 aromatic carbocycles. The van der Waals surface area contributed by atoms with Crippen molar-refractivity contribution in [3.63, 3.8) is 0 Å². The quantitative estimate of drug-likeness (QED) is 0.832. The highest BCUT2D eigenvalue weighted by atomic mass is 32.2. The molecule has 2 atom stereocenters. The van der Waals surface area contributed by atoms with Crippen LogP contribution in [0, 0.1) is 5.82 Å². The fourth-order valence-electron chi connectivity index (χ4n) is 3.72. The summed E-state index contributed by atoms with van der Waals surface area (Å²) in [5.74, 6) is -0.428. The SMILES string of the molecule is C[C@H]1CN(C2CCN(S(=O)(=O)c3ccc(F)cc3)CC2)C[C@H](C)O1. The van der Waals surface area contributed by atoms with Gasteiger partial charge in [-0.15, -0.1) is 0 Å². The molecule has 1 aromatic rings. The van der Waals surface area contributed by atoms with Gasteiger partial charge in [-0.05, 0) is 51.0 Å². The summed E-state index contributed by atoms with van der Waals surface area (Å²) < 4.78 is 45.6. The molecular formula is C17H25FN2O3S. The molecule has 2 aliphatic rings. The van der Waals surface area contributed by atoms with Crippen molar-refractivity contribution >= 4 is 10.0 Å². The van der Waals surface area contributed by atoms with Gasteiger partial charge in [0.05, 0.1) is 17.1 Å². The molecule has 5 nitrogen and oxygen atoms in total. The van der Waals surface area contributed by atoms with Crippen LogP contribution in [0.15, 0.2) is 29.2 Å². The molecule has 2 heterocycles. The Morgan fingerprint density at radius 3 is 2.12 bits per heavy atom. The molecular weight excluding hydrogens is 331 g/mol. The van der Waals surface area contributed by atoms with Crippen molar-refractivity contribution in [1.82, 2.24) is 9.21 Å². The van der Waals surface area contributed by atoms with Gasteiger partial charge in [0, 0.05) is 32.2 Å². The third kappa shape index (κ3) is 3.79. The number of halogens is 1. The lowest BCUT2D eigenvalue weighted by atomic mass is 10.0. The predicted molar refractivity (Wildman–Crippen MR) is 89.8 cm³/mol. The van der Waals surface area contributed by atoms with E-state index in [9.17, 15) is 12.8 Å². The van der Waals surface area contributed by atoms with Crippen LogP contribution in [-0.4, -0.2) is 62.1 Å². The highest BCUT2D eigenvalue weighted by Crippen LogP contribution is 2.25. The lowest BCUT2D eigenvalue weighted by Crippen LogP contribution is -2.53. The molecule has 0 saturated carbocycles. The lowest BCUT2D eigenvalue weighted by Gasteiger charge is -2.43. The van der Waals surface area contributed by atoms with Crippen molar-refractivity contribution in [1.29, 1.82) is 0 Å². The van der Waals surface area contributed by atoms with Crippen LogP contribution in [0.25, 0.3) is 0 Å². The normalized spacial score (nSPS) is 28.1. The number of morpholine rings is 1. The van der Waals surface area contributed by atoms with E-state index >= 15 is 0 Å². The van der Waals surface area contributed by atoms with E-state index in [1.807, 2.05) is 0 Å². The molecule has 3 rings (SSSR count). The van der Waals surface area contributed by atoms with E-state index in [0.717, 1.165) is 25.9 Å². The Balaban J connectivity index is 1.63. The van der Waals surface area contributed by atoms with E-state index in [2.05, 4.69) is 18.7 Å². The van der Waals surface area contributed by atoms with Gasteiger partial charge in [0.15, 0.2) is 0 Å². The number of hydrogen-bond acceptors (Lipinski definition) is 4. The molecule has 24 heavy (non-hydrogen) atoms. The first-order chi connectivity index (χ1) is 11.4. The minimum atomic E-state index is -3.53. The first kappa shape index (κ1) is 17.8. The largest absolute Gasteiger partial charge is 0.373 e. The first-order valence-electron chi connectivity index (χ1n) is 8.51. The molecule has 134 valence electrons. The number of piperidine rings is 1. The second-order valence-electron chi connectivity index (χ2n) is 6.80. The highest BCUT2D eigenvalue weighted by molar-refractivity contribution is 7.89. The van der Waals surface area contributed by atoms with E-state index in [1.54, 1.807) is 0 Å². The van der Waals surface area contributed by atoms with Crippen molar-refractivity contribution < 1.29 is 17.5 Å². The second kappa shape index (κ2) is 7.07. The van der Waals surface area contributed by atoms with Crippen LogP contribution in [0.5, 0.6) is 0 Å². The Morgan fingerprint density at radius 1 is 1.04 bits per heavy atom. The fraction of sp³-hybridized carbons (Fsp3) is 0.647. The molecule has 0 radical (unpaired) electrons. The van der Waals surface area contributed by atoms with Gasteiger partial charge in [0.25, 0.3) is 0 Å². The number of hydrogen-bond donors (Lipinski definition) is 0. The minimum Gasteiger partial charge on any atom is -0.373 e. The molecule has 0 aromatic heterocycles. The summed E-state index contributed by atoms with van der Waals surface area (Å²) in [6.07, 6.45) is 2.07. The minimum absolute atomic E-state index is 0.163. The monoisotopic (exact) mass is 356 g/mol. The van der Waals surface area contributed by atoms with Gasteiger partial charge in [0.1, 0.15) is 5.82 Å². The Hall–Kier alpha value is -1.02. The van der Waals surface area contributed by atoms with Crippen LogP contribution in [-0.2, 0) is 14.8 Å². The summed E-state index contributed by atoms with van der Waals surface area (Å²) in [6, 6.07) is 5.45. The zero-order chi connectivity index (χ0) is 17.3. The Kier molecular flexibility index (Phi) is 5.24. The average Bonchev–Trinajstić information content (AvgIpc) is 2.54. The first-order valence-corrected chi connectivity index (χ1v) is 9.95. The van der Waals surface area contributed by atoms with E-state index < -0.39 is 15.8 Å². The van der Waals surface area contributed by atoms with Crippen molar-refractivity contribution in [2.45, 2.75) is 49.8 Å². The lowest BCUT2D eigenvalue weighted by molar-refractivity contribution is -0.0847. The average molecular weight is 356 g/mol. The number of nitrogens with zero attached hydrogens (tertiary/aromatic N) is 2. The van der Waals surface area contributed by atoms with Crippen LogP contribution in [0.2, 0.25) is 0 Å². The summed E-state index contributed by atoms with van der Waals surface area (Å²) in [6.45, 7) is 6.97. The van der Waals surface area contributed by atoms with Crippen LogP contribution >= 0.6 is 0 Å². The number of benzene rings is 1. The molecule has 2 fully saturated rings. The van der Waals surface area contributed by atoms with Crippen molar-refractivity contribution in [3.8, 4) is 0 Å². The molecule has 2 aliphatic heterocycles. The van der Waals surface area contributed by atoms with Gasteiger partial charge >= 0.3 is 0 Å². The highest BCUT2D eigenvalue weighted by Gasteiger charge is 2.34. The molecule has 0 bridgehead atoms. The molecule has 0 spiro atoms. The molecule has 2 saturated heterocycles. The van der Waals surface area contributed by atoms with Crippen molar-refractivity contribution in [2.24, 2.45) is 0 Å². The van der Waals surface area contributed by atoms with Gasteiger partial charge in [0.2, 0.25) is 10.0 Å². The number of ether oxygens (including phenoxy) is 1. The third-order valence-corrected chi connectivity index (χ3v) is 6.75. The van der Waals surface area contributed by atoms with E-state index in [-0.39, 0.29) is 17.1 Å². The van der Waals surface area contributed by atoms with Crippen LogP contribution in [0.3, 0.4) is 0 Å². The zero-order valence-electron chi connectivity index (χ0n) is 14.2. The number of sulfonamides is 1. The van der Waals surface area contributed by atoms with Crippen LogP contribution in [0.1, 0.15) is 26.7 Å². The molecule has 7 heteroatoms. The van der Waals surface area contributed by atoms with Gasteiger partial charge in [-0.2, -0.15) is 4.31 Å². The maximum absolute atomic E-state index is 13.0. The predicted octanol–water partition coefficient (Wildman–Crippen LogP) is 2.09. The third-order valence-electron chi connectivity index (χ3n) is 4.84. The Labute approximate surface area is 143 Å². The van der Waals surface area contributed by atoms with E-state index in [4.69, 9.17) is 4.74 Å². The zero-order valence-corrected chi connectivity index (χ0v) is 15.0. The fourth-order valence-corrected chi connectivity index (χ4v) is 5.19. The molecule has 0 aliphatic carbocycles. The van der Waals surface area contributed by atoms with Crippen molar-refractivity contribution in [3.05, 3.63) is 30.1 Å². The van der Waals surface area contributed by atoms with Crippen molar-refractivity contribution in [2.75, 3.05) is 26.2 Å². The van der Waals surface area contributed by atoms with Gasteiger partial charge in [-0.1, -0.05) is 0 Å². The molecule has 0 unspecified atom stereocenters. The maximum atomic E-state index is 13.0. The summed E-state index contributed by atoms with van der Waals surface area (Å²) in [5.41, 5.74) is 0. The topological polar surface area (TPSA) is 49.9 Å². The Morgan fingerprint density at radius 2 is 1.58 bits per heavy atom. The molecule has 0 N–H and O–H groups in total. The van der Waals surface area contributed by atoms with E-state index in [0.29, 0.717) is 19.1 Å². The summed E-state index contributed by atoms with van der Waals surface area (Å²) in [7, 11) is -3.53. The standard InChI is InChI=1S/C17H25FN2O3S/c1-13-11-19(12-14(2)23-13)16-7-9-20(10-8-16)24(21,22)17-5-3-15(18)4-6-17/h3-6,13-14,16H,7-12H2,1-2H3/t13-,14-/m0/s1. The van der Waals surface area contributed by atoms with Crippen LogP contribution in [0.4, 0.5) is 4.39 Å². The smallest absolute Gasteiger partial charge is 0.243 e. The second-order valence-corrected chi connectivity index (χ2v) is 8.74. The summed E-state index contributed by atoms with van der Waals surface area (Å²) >= 11 is 0. The Bertz CT molecular complexity index is 647. The summed E-state index contributed by atoms with van der Waals surface area (Å²) in [4.78, 5) is 2.59. The van der Waals surface area contributed by atoms with Gasteiger partial charge < -0.3 is 4.74 Å². The van der Waals surface area contributed by atoms with Gasteiger partial charge in [-0.3, -0.25) is 4.90 Å². The molecule has 0 amide bonds. The van der Waals surface area contributed by atoms with Gasteiger partial charge in [-0.25, -0.2) is 12.8 Å². The maximum Gasteiger partial charge on any atom is 0.243 e. The summed E-state index contributed by atoms with van der Waals surface area (Å²) in [5, 5.41) is 0.